The second-order valence-electron chi connectivity index (χ2n) is 8.08. The van der Waals surface area contributed by atoms with E-state index in [4.69, 9.17) is 9.26 Å². The second-order valence-corrected chi connectivity index (χ2v) is 8.08. The number of benzene rings is 2. The lowest BCUT2D eigenvalue weighted by Crippen LogP contribution is -2.38. The Morgan fingerprint density at radius 3 is 2.42 bits per heavy atom. The van der Waals surface area contributed by atoms with E-state index in [0.717, 1.165) is 50.1 Å². The fourth-order valence-electron chi connectivity index (χ4n) is 4.07. The Bertz CT molecular complexity index is 988. The molecule has 0 radical (unpaired) electrons. The molecule has 6 heteroatoms. The van der Waals surface area contributed by atoms with Gasteiger partial charge in [-0.3, -0.25) is 4.79 Å². The summed E-state index contributed by atoms with van der Waals surface area (Å²) in [6.45, 7) is 6.11. The van der Waals surface area contributed by atoms with Gasteiger partial charge in [0, 0.05) is 24.2 Å². The molecule has 1 fully saturated rings. The lowest BCUT2D eigenvalue weighted by molar-refractivity contribution is 0.0687. The van der Waals surface area contributed by atoms with Crippen LogP contribution in [0.15, 0.2) is 53.1 Å². The van der Waals surface area contributed by atoms with E-state index in [1.165, 1.54) is 5.56 Å². The van der Waals surface area contributed by atoms with Gasteiger partial charge in [-0.05, 0) is 87.4 Å². The molecule has 3 aromatic rings. The van der Waals surface area contributed by atoms with Gasteiger partial charge in [0.1, 0.15) is 5.75 Å². The number of hydrogen-bond acceptors (Lipinski definition) is 5. The Labute approximate surface area is 183 Å². The van der Waals surface area contributed by atoms with Gasteiger partial charge in [-0.1, -0.05) is 17.3 Å². The van der Waals surface area contributed by atoms with E-state index in [9.17, 15) is 4.79 Å². The van der Waals surface area contributed by atoms with E-state index in [0.29, 0.717) is 29.8 Å². The summed E-state index contributed by atoms with van der Waals surface area (Å²) in [5.74, 6) is 2.76. The van der Waals surface area contributed by atoms with Crippen LogP contribution >= 0.6 is 0 Å². The van der Waals surface area contributed by atoms with Crippen molar-refractivity contribution in [3.05, 3.63) is 65.5 Å². The summed E-state index contributed by atoms with van der Waals surface area (Å²) in [5, 5.41) is 3.81. The summed E-state index contributed by atoms with van der Waals surface area (Å²) >= 11 is 0. The first-order valence-corrected chi connectivity index (χ1v) is 11.0. The predicted molar refractivity (Wildman–Crippen MR) is 119 cm³/mol. The molecule has 6 nitrogen and oxygen atoms in total. The number of carbonyl (C=O) groups is 1. The van der Waals surface area contributed by atoms with Crippen LogP contribution in [0.2, 0.25) is 0 Å². The Hall–Kier alpha value is -3.15. The van der Waals surface area contributed by atoms with Crippen LogP contribution in [-0.4, -0.2) is 40.6 Å². The number of ether oxygens (including phenoxy) is 1. The van der Waals surface area contributed by atoms with E-state index in [2.05, 4.69) is 22.3 Å². The van der Waals surface area contributed by atoms with Gasteiger partial charge in [0.25, 0.3) is 11.8 Å². The minimum Gasteiger partial charge on any atom is -0.494 e. The van der Waals surface area contributed by atoms with Crippen LogP contribution in [0.3, 0.4) is 0 Å². The van der Waals surface area contributed by atoms with Crippen molar-refractivity contribution in [2.24, 2.45) is 5.92 Å². The fourth-order valence-corrected chi connectivity index (χ4v) is 4.07. The van der Waals surface area contributed by atoms with Gasteiger partial charge in [-0.2, -0.15) is 4.98 Å². The summed E-state index contributed by atoms with van der Waals surface area (Å²) < 4.78 is 10.7. The van der Waals surface area contributed by atoms with Crippen molar-refractivity contribution in [2.75, 3.05) is 19.7 Å². The first-order valence-electron chi connectivity index (χ1n) is 11.0. The molecule has 1 aliphatic rings. The number of piperidine rings is 1. The molecule has 1 saturated heterocycles. The minimum atomic E-state index is 0.0956. The largest absolute Gasteiger partial charge is 0.494 e. The van der Waals surface area contributed by atoms with Crippen molar-refractivity contribution in [3.8, 4) is 17.2 Å². The molecule has 0 saturated carbocycles. The third-order valence-corrected chi connectivity index (χ3v) is 5.88. The second kappa shape index (κ2) is 9.77. The third kappa shape index (κ3) is 5.32. The molecule has 1 aliphatic heterocycles. The van der Waals surface area contributed by atoms with E-state index >= 15 is 0 Å². The first-order chi connectivity index (χ1) is 15.1. The fraction of sp³-hybridized carbons (Fsp3) is 0.400. The highest BCUT2D eigenvalue weighted by Crippen LogP contribution is 2.25. The zero-order valence-electron chi connectivity index (χ0n) is 18.2. The van der Waals surface area contributed by atoms with Crippen LogP contribution in [0.4, 0.5) is 0 Å². The van der Waals surface area contributed by atoms with Crippen LogP contribution in [0.5, 0.6) is 5.75 Å². The van der Waals surface area contributed by atoms with Gasteiger partial charge in [-0.15, -0.1) is 0 Å². The number of nitrogens with zero attached hydrogens (tertiary/aromatic N) is 3. The summed E-state index contributed by atoms with van der Waals surface area (Å²) in [5.41, 5.74) is 2.87. The first kappa shape index (κ1) is 21.1. The molecule has 2 aromatic carbocycles. The normalized spacial score (nSPS) is 14.6. The van der Waals surface area contributed by atoms with Crippen molar-refractivity contribution >= 4 is 5.91 Å². The molecular weight excluding hydrogens is 390 g/mol. The van der Waals surface area contributed by atoms with Gasteiger partial charge in [0.2, 0.25) is 0 Å². The molecule has 0 bridgehead atoms. The Morgan fingerprint density at radius 2 is 1.81 bits per heavy atom. The molecular formula is C25H29N3O3. The average molecular weight is 420 g/mol. The molecule has 0 unspecified atom stereocenters. The highest BCUT2D eigenvalue weighted by atomic mass is 16.5. The minimum absolute atomic E-state index is 0.0956. The van der Waals surface area contributed by atoms with Crippen LogP contribution in [0, 0.1) is 12.8 Å². The molecule has 162 valence electrons. The number of amides is 1. The summed E-state index contributed by atoms with van der Waals surface area (Å²) in [6.07, 6.45) is 4.35. The molecule has 4 rings (SSSR count). The number of aromatic nitrogens is 2. The van der Waals surface area contributed by atoms with Gasteiger partial charge in [-0.25, -0.2) is 0 Å². The third-order valence-electron chi connectivity index (χ3n) is 5.88. The molecule has 0 aliphatic carbocycles. The summed E-state index contributed by atoms with van der Waals surface area (Å²) in [6, 6.07) is 15.8. The number of rotatable bonds is 7. The molecule has 31 heavy (non-hydrogen) atoms. The average Bonchev–Trinajstić information content (AvgIpc) is 3.25. The highest BCUT2D eigenvalue weighted by molar-refractivity contribution is 5.94. The highest BCUT2D eigenvalue weighted by Gasteiger charge is 2.23. The maximum Gasteiger partial charge on any atom is 0.257 e. The summed E-state index contributed by atoms with van der Waals surface area (Å²) in [4.78, 5) is 19.1. The van der Waals surface area contributed by atoms with Crippen LogP contribution < -0.4 is 4.74 Å². The van der Waals surface area contributed by atoms with E-state index < -0.39 is 0 Å². The molecule has 0 atom stereocenters. The maximum atomic E-state index is 12.9. The smallest absolute Gasteiger partial charge is 0.257 e. The van der Waals surface area contributed by atoms with Gasteiger partial charge < -0.3 is 14.2 Å². The monoisotopic (exact) mass is 419 g/mol. The molecule has 1 amide bonds. The van der Waals surface area contributed by atoms with Crippen LogP contribution in [-0.2, 0) is 6.42 Å². The topological polar surface area (TPSA) is 68.5 Å². The molecule has 1 aromatic heterocycles. The van der Waals surface area contributed by atoms with E-state index in [1.54, 1.807) is 6.92 Å². The Kier molecular flexibility index (Phi) is 6.65. The van der Waals surface area contributed by atoms with Crippen LogP contribution in [0.25, 0.3) is 11.5 Å². The lowest BCUT2D eigenvalue weighted by atomic mass is 9.90. The number of hydrogen-bond donors (Lipinski definition) is 0. The zero-order valence-corrected chi connectivity index (χ0v) is 18.2. The molecule has 0 N–H and O–H groups in total. The van der Waals surface area contributed by atoms with Gasteiger partial charge in [0.15, 0.2) is 5.82 Å². The van der Waals surface area contributed by atoms with Crippen molar-refractivity contribution < 1.29 is 14.1 Å². The number of aryl methyl sites for hydroxylation is 2. The molecule has 2 heterocycles. The van der Waals surface area contributed by atoms with Crippen LogP contribution in [0.1, 0.15) is 47.9 Å². The Morgan fingerprint density at radius 1 is 1.10 bits per heavy atom. The maximum absolute atomic E-state index is 12.9. The van der Waals surface area contributed by atoms with Crippen molar-refractivity contribution in [1.82, 2.24) is 15.0 Å². The van der Waals surface area contributed by atoms with Crippen molar-refractivity contribution in [2.45, 2.75) is 39.5 Å². The quantitative estimate of drug-likeness (QED) is 0.543. The summed E-state index contributed by atoms with van der Waals surface area (Å²) in [7, 11) is 0. The Balaban J connectivity index is 1.25. The van der Waals surface area contributed by atoms with Crippen molar-refractivity contribution in [3.63, 3.8) is 0 Å². The number of carbonyl (C=O) groups excluding carboxylic acids is 1. The van der Waals surface area contributed by atoms with E-state index in [-0.39, 0.29) is 5.91 Å². The SMILES string of the molecule is CCOc1ccc(CCC2CCN(C(=O)c3ccc(-c4nc(C)no4)cc3)CC2)cc1. The standard InChI is InChI=1S/C25H29N3O3/c1-3-30-23-12-6-19(7-13-23)4-5-20-14-16-28(17-15-20)25(29)22-10-8-21(9-11-22)24-26-18(2)27-31-24/h6-13,20H,3-5,14-17H2,1-2H3. The number of likely N-dealkylation sites (tertiary alicyclic amines) is 1. The van der Waals surface area contributed by atoms with Gasteiger partial charge in [0.05, 0.1) is 6.61 Å². The van der Waals surface area contributed by atoms with Gasteiger partial charge >= 0.3 is 0 Å². The van der Waals surface area contributed by atoms with Crippen molar-refractivity contribution in [1.29, 1.82) is 0 Å². The lowest BCUT2D eigenvalue weighted by Gasteiger charge is -2.32. The predicted octanol–water partition coefficient (Wildman–Crippen LogP) is 4.93. The molecule has 0 spiro atoms. The van der Waals surface area contributed by atoms with E-state index in [1.807, 2.05) is 48.2 Å². The zero-order chi connectivity index (χ0) is 21.6.